The van der Waals surface area contributed by atoms with Crippen LogP contribution >= 0.6 is 0 Å². The number of fused-ring (bicyclic) bond motifs is 3. The lowest BCUT2D eigenvalue weighted by molar-refractivity contribution is 1.12. The summed E-state index contributed by atoms with van der Waals surface area (Å²) in [5.41, 5.74) is 8.80. The van der Waals surface area contributed by atoms with Crippen molar-refractivity contribution < 1.29 is 0 Å². The molecule has 0 saturated heterocycles. The van der Waals surface area contributed by atoms with Gasteiger partial charge < -0.3 is 0 Å². The second-order valence-corrected chi connectivity index (χ2v) is 4.87. The highest BCUT2D eigenvalue weighted by molar-refractivity contribution is 5.77. The highest BCUT2D eigenvalue weighted by atomic mass is 14.2. The van der Waals surface area contributed by atoms with Crippen LogP contribution in [-0.4, -0.2) is 0 Å². The maximum Gasteiger partial charge on any atom is -0.00134 e. The Morgan fingerprint density at radius 1 is 0.765 bits per heavy atom. The summed E-state index contributed by atoms with van der Waals surface area (Å²) in [5, 5.41) is 0. The predicted octanol–water partition coefficient (Wildman–Crippen LogP) is 4.38. The molecule has 17 heavy (non-hydrogen) atoms. The molecule has 2 aromatic rings. The average molecular weight is 222 g/mol. The van der Waals surface area contributed by atoms with Crippen LogP contribution in [0.4, 0.5) is 0 Å². The first-order valence-corrected chi connectivity index (χ1v) is 6.55. The van der Waals surface area contributed by atoms with E-state index < -0.39 is 0 Å². The first kappa shape index (κ1) is 10.6. The van der Waals surface area contributed by atoms with E-state index in [9.17, 15) is 0 Å². The van der Waals surface area contributed by atoms with Crippen molar-refractivity contribution in [1.29, 1.82) is 0 Å². The van der Waals surface area contributed by atoms with Crippen molar-refractivity contribution in [2.45, 2.75) is 33.1 Å². The van der Waals surface area contributed by atoms with E-state index in [1.165, 1.54) is 33.4 Å². The summed E-state index contributed by atoms with van der Waals surface area (Å²) >= 11 is 0. The molecule has 0 bridgehead atoms. The normalized spacial score (nSPS) is 12.4. The Labute approximate surface area is 103 Å². The van der Waals surface area contributed by atoms with Crippen LogP contribution in [0.25, 0.3) is 11.1 Å². The first-order chi connectivity index (χ1) is 8.31. The topological polar surface area (TPSA) is 0 Å². The SMILES string of the molecule is CCc1ccc2c(c1)Cc1ccc(CC)cc1-2. The summed E-state index contributed by atoms with van der Waals surface area (Å²) in [4.78, 5) is 0. The molecule has 0 spiro atoms. The summed E-state index contributed by atoms with van der Waals surface area (Å²) in [7, 11) is 0. The van der Waals surface area contributed by atoms with Gasteiger partial charge in [0.2, 0.25) is 0 Å². The monoisotopic (exact) mass is 222 g/mol. The van der Waals surface area contributed by atoms with Gasteiger partial charge in [-0.25, -0.2) is 0 Å². The van der Waals surface area contributed by atoms with Crippen LogP contribution in [0.3, 0.4) is 0 Å². The predicted molar refractivity (Wildman–Crippen MR) is 73.4 cm³/mol. The van der Waals surface area contributed by atoms with E-state index in [0.717, 1.165) is 19.3 Å². The molecule has 2 aromatic carbocycles. The van der Waals surface area contributed by atoms with Crippen LogP contribution in [0.2, 0.25) is 0 Å². The minimum atomic E-state index is 1.11. The van der Waals surface area contributed by atoms with E-state index in [0.29, 0.717) is 0 Å². The Bertz CT molecular complexity index is 564. The maximum absolute atomic E-state index is 2.38. The molecule has 1 aliphatic carbocycles. The van der Waals surface area contributed by atoms with Gasteiger partial charge in [-0.3, -0.25) is 0 Å². The van der Waals surface area contributed by atoms with Crippen molar-refractivity contribution >= 4 is 0 Å². The molecule has 0 radical (unpaired) electrons. The summed E-state index contributed by atoms with van der Waals surface area (Å²) in [6.45, 7) is 4.44. The third kappa shape index (κ3) is 1.68. The van der Waals surface area contributed by atoms with Crippen molar-refractivity contribution in [3.05, 3.63) is 58.7 Å². The van der Waals surface area contributed by atoms with Gasteiger partial charge in [-0.2, -0.15) is 0 Å². The molecule has 1 aliphatic rings. The molecule has 0 aromatic heterocycles. The Kier molecular flexibility index (Phi) is 2.51. The van der Waals surface area contributed by atoms with Gasteiger partial charge in [0.15, 0.2) is 0 Å². The van der Waals surface area contributed by atoms with Crippen LogP contribution in [0.15, 0.2) is 36.4 Å². The molecule has 0 heterocycles. The van der Waals surface area contributed by atoms with Gasteiger partial charge in [-0.15, -0.1) is 0 Å². The van der Waals surface area contributed by atoms with Crippen molar-refractivity contribution in [3.63, 3.8) is 0 Å². The van der Waals surface area contributed by atoms with Crippen molar-refractivity contribution in [2.75, 3.05) is 0 Å². The van der Waals surface area contributed by atoms with Crippen molar-refractivity contribution in [1.82, 2.24) is 0 Å². The van der Waals surface area contributed by atoms with Crippen LogP contribution in [-0.2, 0) is 19.3 Å². The summed E-state index contributed by atoms with van der Waals surface area (Å²) in [6, 6.07) is 13.9. The van der Waals surface area contributed by atoms with Gasteiger partial charge in [0.1, 0.15) is 0 Å². The molecule has 0 amide bonds. The molecule has 86 valence electrons. The zero-order chi connectivity index (χ0) is 11.8. The molecule has 0 aliphatic heterocycles. The van der Waals surface area contributed by atoms with Gasteiger partial charge in [0.05, 0.1) is 0 Å². The van der Waals surface area contributed by atoms with Crippen LogP contribution in [0.1, 0.15) is 36.1 Å². The maximum atomic E-state index is 2.38. The van der Waals surface area contributed by atoms with Gasteiger partial charge in [0.25, 0.3) is 0 Å². The van der Waals surface area contributed by atoms with Crippen molar-refractivity contribution in [2.24, 2.45) is 0 Å². The molecule has 0 fully saturated rings. The molecular weight excluding hydrogens is 204 g/mol. The Balaban J connectivity index is 2.13. The average Bonchev–Trinajstić information content (AvgIpc) is 2.74. The number of aryl methyl sites for hydroxylation is 2. The van der Waals surface area contributed by atoms with Crippen LogP contribution < -0.4 is 0 Å². The Morgan fingerprint density at radius 2 is 1.47 bits per heavy atom. The van der Waals surface area contributed by atoms with E-state index >= 15 is 0 Å². The third-order valence-corrected chi connectivity index (χ3v) is 3.83. The zero-order valence-corrected chi connectivity index (χ0v) is 10.6. The van der Waals surface area contributed by atoms with Crippen molar-refractivity contribution in [3.8, 4) is 11.1 Å². The second kappa shape index (κ2) is 4.03. The highest BCUT2D eigenvalue weighted by Gasteiger charge is 2.18. The van der Waals surface area contributed by atoms with E-state index in [2.05, 4.69) is 50.2 Å². The largest absolute Gasteiger partial charge is 0.0613 e. The molecule has 0 saturated carbocycles. The fourth-order valence-corrected chi connectivity index (χ4v) is 2.73. The molecule has 0 atom stereocenters. The fraction of sp³-hybridized carbons (Fsp3) is 0.294. The zero-order valence-electron chi connectivity index (χ0n) is 10.6. The van der Waals surface area contributed by atoms with E-state index in [1.54, 1.807) is 0 Å². The van der Waals surface area contributed by atoms with Gasteiger partial charge in [0, 0.05) is 0 Å². The molecule has 0 unspecified atom stereocenters. The van der Waals surface area contributed by atoms with E-state index in [4.69, 9.17) is 0 Å². The standard InChI is InChI=1S/C17H18/c1-3-12-6-8-16-15(9-12)11-14-7-5-13(4-2)10-17(14)16/h5-10H,3-4,11H2,1-2H3. The quantitative estimate of drug-likeness (QED) is 0.603. The molecule has 0 nitrogen and oxygen atoms in total. The highest BCUT2D eigenvalue weighted by Crippen LogP contribution is 2.37. The minimum Gasteiger partial charge on any atom is -0.0613 e. The smallest absolute Gasteiger partial charge is 0.00134 e. The molecule has 0 heteroatoms. The van der Waals surface area contributed by atoms with E-state index in [-0.39, 0.29) is 0 Å². The van der Waals surface area contributed by atoms with Crippen LogP contribution in [0.5, 0.6) is 0 Å². The summed E-state index contributed by atoms with van der Waals surface area (Å²) in [6.07, 6.45) is 3.36. The Morgan fingerprint density at radius 3 is 2.24 bits per heavy atom. The number of rotatable bonds is 2. The van der Waals surface area contributed by atoms with Gasteiger partial charge >= 0.3 is 0 Å². The summed E-state index contributed by atoms with van der Waals surface area (Å²) < 4.78 is 0. The number of hydrogen-bond donors (Lipinski definition) is 0. The van der Waals surface area contributed by atoms with Gasteiger partial charge in [-0.05, 0) is 52.6 Å². The van der Waals surface area contributed by atoms with Gasteiger partial charge in [-0.1, -0.05) is 50.2 Å². The Hall–Kier alpha value is -1.56. The fourth-order valence-electron chi connectivity index (χ4n) is 2.73. The van der Waals surface area contributed by atoms with E-state index in [1.807, 2.05) is 0 Å². The summed E-state index contributed by atoms with van der Waals surface area (Å²) in [5.74, 6) is 0. The lowest BCUT2D eigenvalue weighted by Crippen LogP contribution is -1.84. The van der Waals surface area contributed by atoms with Crippen LogP contribution in [0, 0.1) is 0 Å². The molecule has 3 rings (SSSR count). The lowest BCUT2D eigenvalue weighted by atomic mass is 10.0. The molecular formula is C17H18. The minimum absolute atomic E-state index is 1.11. The third-order valence-electron chi connectivity index (χ3n) is 3.83. The number of hydrogen-bond acceptors (Lipinski definition) is 0. The molecule has 0 N–H and O–H groups in total. The first-order valence-electron chi connectivity index (χ1n) is 6.55. The number of benzene rings is 2. The second-order valence-electron chi connectivity index (χ2n) is 4.87. The lowest BCUT2D eigenvalue weighted by Gasteiger charge is -2.04.